The molecule has 0 saturated carbocycles. The average molecular weight is 236 g/mol. The molecule has 0 radical (unpaired) electrons. The van der Waals surface area contributed by atoms with Crippen molar-refractivity contribution in [3.8, 4) is 0 Å². The van der Waals surface area contributed by atoms with Crippen LogP contribution in [0.25, 0.3) is 0 Å². The van der Waals surface area contributed by atoms with E-state index in [0.717, 1.165) is 12.0 Å². The summed E-state index contributed by atoms with van der Waals surface area (Å²) in [6, 6.07) is 6.12. The van der Waals surface area contributed by atoms with Crippen molar-refractivity contribution in [2.24, 2.45) is 0 Å². The van der Waals surface area contributed by atoms with E-state index in [1.54, 1.807) is 12.1 Å². The molecule has 3 nitrogen and oxygen atoms in total. The van der Waals surface area contributed by atoms with Crippen LogP contribution in [0.3, 0.4) is 0 Å². The van der Waals surface area contributed by atoms with Crippen LogP contribution in [0.2, 0.25) is 0 Å². The molecular weight excluding hydrogens is 223 g/mol. The van der Waals surface area contributed by atoms with Crippen LogP contribution in [-0.4, -0.2) is 13.0 Å². The molecule has 0 amide bonds. The standard InChI is InChI=1S/C10H14O3S.Na/c1-3-8(2)9-4-6-10(7-5-9)14(11,12)13;/h4-8H,3H2,1-2H3,(H,11,12,13);/q;+1/p-1/t8-;/m1./s1. The summed E-state index contributed by atoms with van der Waals surface area (Å²) in [5, 5.41) is 0. The first kappa shape index (κ1) is 15.1. The van der Waals surface area contributed by atoms with Gasteiger partial charge in [0.1, 0.15) is 10.1 Å². The number of hydrogen-bond acceptors (Lipinski definition) is 3. The first-order valence-corrected chi connectivity index (χ1v) is 5.92. The van der Waals surface area contributed by atoms with Crippen molar-refractivity contribution in [1.82, 2.24) is 0 Å². The molecule has 1 rings (SSSR count). The Kier molecular flexibility index (Phi) is 6.06. The van der Waals surface area contributed by atoms with Gasteiger partial charge in [-0.15, -0.1) is 0 Å². The van der Waals surface area contributed by atoms with E-state index < -0.39 is 10.1 Å². The van der Waals surface area contributed by atoms with Crippen LogP contribution in [0, 0.1) is 0 Å². The maximum atomic E-state index is 10.6. The van der Waals surface area contributed by atoms with Crippen molar-refractivity contribution in [3.05, 3.63) is 29.8 Å². The zero-order chi connectivity index (χ0) is 10.8. The smallest absolute Gasteiger partial charge is 0.744 e. The second-order valence-electron chi connectivity index (χ2n) is 3.33. The van der Waals surface area contributed by atoms with Gasteiger partial charge in [-0.1, -0.05) is 26.0 Å². The molecule has 5 heteroatoms. The summed E-state index contributed by atoms with van der Waals surface area (Å²) in [6.45, 7) is 4.11. The monoisotopic (exact) mass is 236 g/mol. The topological polar surface area (TPSA) is 57.2 Å². The molecule has 0 heterocycles. The summed E-state index contributed by atoms with van der Waals surface area (Å²) in [5.74, 6) is 0.387. The van der Waals surface area contributed by atoms with Gasteiger partial charge >= 0.3 is 29.6 Å². The summed E-state index contributed by atoms with van der Waals surface area (Å²) >= 11 is 0. The van der Waals surface area contributed by atoms with Gasteiger partial charge in [0.05, 0.1) is 4.90 Å². The molecule has 0 N–H and O–H groups in total. The van der Waals surface area contributed by atoms with Gasteiger partial charge in [-0.2, -0.15) is 0 Å². The molecule has 0 saturated heterocycles. The summed E-state index contributed by atoms with van der Waals surface area (Å²) < 4.78 is 31.9. The molecule has 15 heavy (non-hydrogen) atoms. The van der Waals surface area contributed by atoms with E-state index in [9.17, 15) is 13.0 Å². The largest absolute Gasteiger partial charge is 1.00 e. The van der Waals surface area contributed by atoms with Crippen LogP contribution < -0.4 is 29.6 Å². The minimum atomic E-state index is -4.30. The minimum Gasteiger partial charge on any atom is -0.744 e. The minimum absolute atomic E-state index is 0. The van der Waals surface area contributed by atoms with E-state index in [1.165, 1.54) is 12.1 Å². The van der Waals surface area contributed by atoms with Gasteiger partial charge in [0.2, 0.25) is 0 Å². The molecule has 0 fully saturated rings. The summed E-state index contributed by atoms with van der Waals surface area (Å²) in [7, 11) is -4.30. The molecule has 78 valence electrons. The molecule has 0 unspecified atom stereocenters. The number of hydrogen-bond donors (Lipinski definition) is 0. The van der Waals surface area contributed by atoms with E-state index in [-0.39, 0.29) is 34.5 Å². The third-order valence-corrected chi connectivity index (χ3v) is 3.20. The molecule has 0 aromatic heterocycles. The molecule has 1 aromatic rings. The Balaban J connectivity index is 0.00000196. The van der Waals surface area contributed by atoms with E-state index in [2.05, 4.69) is 13.8 Å². The number of benzene rings is 1. The molecule has 0 spiro atoms. The van der Waals surface area contributed by atoms with Gasteiger partial charge in [0.15, 0.2) is 0 Å². The molecule has 1 atom stereocenters. The predicted molar refractivity (Wildman–Crippen MR) is 53.1 cm³/mol. The second-order valence-corrected chi connectivity index (χ2v) is 4.71. The fourth-order valence-corrected chi connectivity index (χ4v) is 1.67. The Morgan fingerprint density at radius 3 is 2.07 bits per heavy atom. The van der Waals surface area contributed by atoms with Crippen LogP contribution in [0.5, 0.6) is 0 Å². The maximum Gasteiger partial charge on any atom is 1.00 e. The van der Waals surface area contributed by atoms with Crippen molar-refractivity contribution in [2.75, 3.05) is 0 Å². The first-order chi connectivity index (χ1) is 6.45. The van der Waals surface area contributed by atoms with Crippen LogP contribution in [-0.2, 0) is 10.1 Å². The fourth-order valence-electron chi connectivity index (χ4n) is 1.20. The number of rotatable bonds is 3. The molecule has 0 bridgehead atoms. The van der Waals surface area contributed by atoms with Crippen LogP contribution >= 0.6 is 0 Å². The Labute approximate surface area is 113 Å². The maximum absolute atomic E-state index is 10.6. The summed E-state index contributed by atoms with van der Waals surface area (Å²) in [6.07, 6.45) is 0.990. The normalized spacial score (nSPS) is 13.0. The van der Waals surface area contributed by atoms with Crippen molar-refractivity contribution in [1.29, 1.82) is 0 Å². The molecule has 0 aliphatic heterocycles. The third kappa shape index (κ3) is 4.25. The SMILES string of the molecule is CC[C@@H](C)c1ccc(S(=O)(=O)[O-])cc1.[Na+]. The summed E-state index contributed by atoms with van der Waals surface area (Å²) in [4.78, 5) is -0.162. The molecule has 1 aromatic carbocycles. The third-order valence-electron chi connectivity index (χ3n) is 2.35. The van der Waals surface area contributed by atoms with E-state index in [0.29, 0.717) is 5.92 Å². The van der Waals surface area contributed by atoms with E-state index in [1.807, 2.05) is 0 Å². The van der Waals surface area contributed by atoms with Gasteiger partial charge < -0.3 is 4.55 Å². The van der Waals surface area contributed by atoms with Gasteiger partial charge in [-0.3, -0.25) is 0 Å². The van der Waals surface area contributed by atoms with Crippen molar-refractivity contribution in [2.45, 2.75) is 31.1 Å². The van der Waals surface area contributed by atoms with Crippen LogP contribution in [0.1, 0.15) is 31.7 Å². The first-order valence-electron chi connectivity index (χ1n) is 4.51. The Hall–Kier alpha value is 0.130. The Bertz CT molecular complexity index is 397. The van der Waals surface area contributed by atoms with Crippen LogP contribution in [0.4, 0.5) is 0 Å². The van der Waals surface area contributed by atoms with Gasteiger partial charge in [0.25, 0.3) is 0 Å². The molecular formula is C10H13NaO3S. The van der Waals surface area contributed by atoms with E-state index >= 15 is 0 Å². The predicted octanol–water partition coefficient (Wildman–Crippen LogP) is -0.892. The summed E-state index contributed by atoms with van der Waals surface area (Å²) in [5.41, 5.74) is 1.06. The van der Waals surface area contributed by atoms with Crippen LogP contribution in [0.15, 0.2) is 29.2 Å². The van der Waals surface area contributed by atoms with Gasteiger partial charge in [-0.05, 0) is 30.0 Å². The Morgan fingerprint density at radius 2 is 1.73 bits per heavy atom. The second kappa shape index (κ2) is 6.01. The van der Waals surface area contributed by atoms with Crippen molar-refractivity contribution in [3.63, 3.8) is 0 Å². The quantitative estimate of drug-likeness (QED) is 0.505. The van der Waals surface area contributed by atoms with Gasteiger partial charge in [-0.25, -0.2) is 8.42 Å². The van der Waals surface area contributed by atoms with Gasteiger partial charge in [0, 0.05) is 0 Å². The average Bonchev–Trinajstić information content (AvgIpc) is 2.15. The molecule has 0 aliphatic rings. The van der Waals surface area contributed by atoms with Crippen molar-refractivity contribution >= 4 is 10.1 Å². The van der Waals surface area contributed by atoms with E-state index in [4.69, 9.17) is 0 Å². The zero-order valence-corrected chi connectivity index (χ0v) is 12.0. The fraction of sp³-hybridized carbons (Fsp3) is 0.400. The zero-order valence-electron chi connectivity index (χ0n) is 9.23. The molecule has 0 aliphatic carbocycles. The Morgan fingerprint density at radius 1 is 1.27 bits per heavy atom. The van der Waals surface area contributed by atoms with Crippen molar-refractivity contribution < 1.29 is 42.5 Å².